The number of nitrogens with one attached hydrogen (secondary N) is 1. The van der Waals surface area contributed by atoms with Gasteiger partial charge in [-0.25, -0.2) is 0 Å². The van der Waals surface area contributed by atoms with Crippen LogP contribution in [0.3, 0.4) is 0 Å². The van der Waals surface area contributed by atoms with Gasteiger partial charge < -0.3 is 14.8 Å². The van der Waals surface area contributed by atoms with Crippen molar-refractivity contribution >= 4 is 0 Å². The van der Waals surface area contributed by atoms with Crippen LogP contribution in [0.5, 0.6) is 0 Å². The molecule has 0 radical (unpaired) electrons. The first-order chi connectivity index (χ1) is 9.56. The summed E-state index contributed by atoms with van der Waals surface area (Å²) in [6.07, 6.45) is 5.64. The van der Waals surface area contributed by atoms with Gasteiger partial charge in [0.1, 0.15) is 0 Å². The van der Waals surface area contributed by atoms with Crippen LogP contribution in [-0.2, 0) is 13.6 Å². The molecule has 2 aliphatic heterocycles. The van der Waals surface area contributed by atoms with E-state index in [2.05, 4.69) is 48.8 Å². The SMILES string of the molecule is Cc1cc(CNCC2CC3CCC(C2)N3C)c(C)n1C. The van der Waals surface area contributed by atoms with Crippen LogP contribution < -0.4 is 5.32 Å². The molecule has 3 heteroatoms. The molecule has 0 spiro atoms. The Morgan fingerprint density at radius 3 is 2.35 bits per heavy atom. The molecule has 2 fully saturated rings. The highest BCUT2D eigenvalue weighted by Crippen LogP contribution is 2.37. The highest BCUT2D eigenvalue weighted by molar-refractivity contribution is 5.26. The summed E-state index contributed by atoms with van der Waals surface area (Å²) in [6, 6.07) is 4.04. The number of fused-ring (bicyclic) bond motifs is 2. The third kappa shape index (κ3) is 2.53. The Balaban J connectivity index is 1.50. The number of nitrogens with zero attached hydrogens (tertiary/aromatic N) is 2. The number of hydrogen-bond acceptors (Lipinski definition) is 2. The van der Waals surface area contributed by atoms with Crippen LogP contribution in [-0.4, -0.2) is 35.1 Å². The third-order valence-corrected chi connectivity index (χ3v) is 5.82. The average Bonchev–Trinajstić information content (AvgIpc) is 2.79. The van der Waals surface area contributed by atoms with E-state index in [0.717, 1.165) is 24.5 Å². The summed E-state index contributed by atoms with van der Waals surface area (Å²) in [5.74, 6) is 0.883. The van der Waals surface area contributed by atoms with Gasteiger partial charge in [0, 0.05) is 37.1 Å². The molecule has 1 N–H and O–H groups in total. The monoisotopic (exact) mass is 275 g/mol. The fourth-order valence-electron chi connectivity index (χ4n) is 4.21. The van der Waals surface area contributed by atoms with Gasteiger partial charge in [-0.15, -0.1) is 0 Å². The molecule has 1 aromatic rings. The lowest BCUT2D eigenvalue weighted by atomic mass is 9.91. The van der Waals surface area contributed by atoms with E-state index in [1.165, 1.54) is 49.2 Å². The van der Waals surface area contributed by atoms with Crippen molar-refractivity contribution < 1.29 is 0 Å². The van der Waals surface area contributed by atoms with Crippen LogP contribution >= 0.6 is 0 Å². The Morgan fingerprint density at radius 2 is 1.80 bits per heavy atom. The predicted molar refractivity (Wildman–Crippen MR) is 83.9 cm³/mol. The maximum Gasteiger partial charge on any atom is 0.0223 e. The Labute approximate surface area is 123 Å². The molecule has 2 bridgehead atoms. The molecule has 2 saturated heterocycles. The van der Waals surface area contributed by atoms with Crippen molar-refractivity contribution in [2.75, 3.05) is 13.6 Å². The van der Waals surface area contributed by atoms with Crippen molar-refractivity contribution in [3.05, 3.63) is 23.0 Å². The summed E-state index contributed by atoms with van der Waals surface area (Å²) in [6.45, 7) is 6.62. The van der Waals surface area contributed by atoms with Crippen molar-refractivity contribution in [1.82, 2.24) is 14.8 Å². The first kappa shape index (κ1) is 14.2. The lowest BCUT2D eigenvalue weighted by Gasteiger charge is -2.36. The van der Waals surface area contributed by atoms with Crippen LogP contribution in [0, 0.1) is 19.8 Å². The van der Waals surface area contributed by atoms with Gasteiger partial charge in [-0.2, -0.15) is 0 Å². The number of hydrogen-bond donors (Lipinski definition) is 1. The maximum atomic E-state index is 3.70. The topological polar surface area (TPSA) is 20.2 Å². The molecule has 3 rings (SSSR count). The van der Waals surface area contributed by atoms with E-state index in [-0.39, 0.29) is 0 Å². The molecule has 112 valence electrons. The van der Waals surface area contributed by atoms with Crippen molar-refractivity contribution in [3.8, 4) is 0 Å². The summed E-state index contributed by atoms with van der Waals surface area (Å²) >= 11 is 0. The minimum Gasteiger partial charge on any atom is -0.352 e. The van der Waals surface area contributed by atoms with Crippen LogP contribution in [0.4, 0.5) is 0 Å². The van der Waals surface area contributed by atoms with E-state index in [1.54, 1.807) is 0 Å². The maximum absolute atomic E-state index is 3.70. The zero-order valence-corrected chi connectivity index (χ0v) is 13.4. The van der Waals surface area contributed by atoms with Crippen LogP contribution in [0.15, 0.2) is 6.07 Å². The predicted octanol–water partition coefficient (Wildman–Crippen LogP) is 2.60. The van der Waals surface area contributed by atoms with Gasteiger partial charge in [-0.05, 0) is 70.7 Å². The minimum atomic E-state index is 0.862. The Morgan fingerprint density at radius 1 is 1.15 bits per heavy atom. The minimum absolute atomic E-state index is 0.862. The van der Waals surface area contributed by atoms with Crippen LogP contribution in [0.25, 0.3) is 0 Å². The lowest BCUT2D eigenvalue weighted by Crippen LogP contribution is -2.42. The molecule has 0 amide bonds. The first-order valence-corrected chi connectivity index (χ1v) is 8.10. The third-order valence-electron chi connectivity index (χ3n) is 5.82. The van der Waals surface area contributed by atoms with Gasteiger partial charge in [-0.3, -0.25) is 0 Å². The van der Waals surface area contributed by atoms with Crippen LogP contribution in [0.1, 0.15) is 42.6 Å². The van der Waals surface area contributed by atoms with E-state index < -0.39 is 0 Å². The molecular weight excluding hydrogens is 246 g/mol. The average molecular weight is 275 g/mol. The Kier molecular flexibility index (Phi) is 3.91. The highest BCUT2D eigenvalue weighted by atomic mass is 15.2. The summed E-state index contributed by atoms with van der Waals surface area (Å²) < 4.78 is 2.28. The number of piperidine rings is 1. The molecule has 0 aliphatic carbocycles. The van der Waals surface area contributed by atoms with Crippen LogP contribution in [0.2, 0.25) is 0 Å². The van der Waals surface area contributed by atoms with E-state index in [9.17, 15) is 0 Å². The number of rotatable bonds is 4. The molecule has 20 heavy (non-hydrogen) atoms. The normalized spacial score (nSPS) is 30.1. The van der Waals surface area contributed by atoms with Crippen molar-refractivity contribution in [2.24, 2.45) is 13.0 Å². The second-order valence-corrected chi connectivity index (χ2v) is 6.97. The van der Waals surface area contributed by atoms with Gasteiger partial charge in [0.05, 0.1) is 0 Å². The number of aryl methyl sites for hydroxylation is 1. The molecule has 0 saturated carbocycles. The largest absolute Gasteiger partial charge is 0.352 e. The molecule has 2 aliphatic rings. The van der Waals surface area contributed by atoms with Crippen molar-refractivity contribution in [2.45, 2.75) is 58.2 Å². The summed E-state index contributed by atoms with van der Waals surface area (Å²) in [7, 11) is 4.48. The fraction of sp³-hybridized carbons (Fsp3) is 0.765. The first-order valence-electron chi connectivity index (χ1n) is 8.10. The van der Waals surface area contributed by atoms with Gasteiger partial charge >= 0.3 is 0 Å². The molecule has 1 aromatic heterocycles. The van der Waals surface area contributed by atoms with Gasteiger partial charge in [-0.1, -0.05) is 0 Å². The Bertz CT molecular complexity index is 463. The van der Waals surface area contributed by atoms with E-state index in [1.807, 2.05) is 0 Å². The zero-order chi connectivity index (χ0) is 14.3. The van der Waals surface area contributed by atoms with E-state index >= 15 is 0 Å². The molecule has 3 nitrogen and oxygen atoms in total. The quantitative estimate of drug-likeness (QED) is 0.911. The summed E-state index contributed by atoms with van der Waals surface area (Å²) in [5, 5.41) is 3.70. The summed E-state index contributed by atoms with van der Waals surface area (Å²) in [5.41, 5.74) is 4.22. The fourth-order valence-corrected chi connectivity index (χ4v) is 4.21. The molecule has 2 unspecified atom stereocenters. The zero-order valence-electron chi connectivity index (χ0n) is 13.4. The standard InChI is InChI=1S/C17H29N3/c1-12-7-15(13(2)19(12)3)11-18-10-14-8-16-5-6-17(9-14)20(16)4/h7,14,16-18H,5-6,8-11H2,1-4H3. The lowest BCUT2D eigenvalue weighted by molar-refractivity contribution is 0.133. The summed E-state index contributed by atoms with van der Waals surface area (Å²) in [4.78, 5) is 2.63. The van der Waals surface area contributed by atoms with E-state index in [0.29, 0.717) is 0 Å². The van der Waals surface area contributed by atoms with Crippen molar-refractivity contribution in [3.63, 3.8) is 0 Å². The second kappa shape index (κ2) is 5.53. The van der Waals surface area contributed by atoms with Gasteiger partial charge in [0.25, 0.3) is 0 Å². The molecule has 0 aromatic carbocycles. The van der Waals surface area contributed by atoms with Gasteiger partial charge in [0.15, 0.2) is 0 Å². The smallest absolute Gasteiger partial charge is 0.0223 e. The molecule has 2 atom stereocenters. The highest BCUT2D eigenvalue weighted by Gasteiger charge is 2.37. The number of aromatic nitrogens is 1. The van der Waals surface area contributed by atoms with Gasteiger partial charge in [0.2, 0.25) is 0 Å². The van der Waals surface area contributed by atoms with Crippen molar-refractivity contribution in [1.29, 1.82) is 0 Å². The second-order valence-electron chi connectivity index (χ2n) is 6.97. The molecule has 3 heterocycles. The molecular formula is C17H29N3. The Hall–Kier alpha value is -0.800. The van der Waals surface area contributed by atoms with E-state index in [4.69, 9.17) is 0 Å².